The van der Waals surface area contributed by atoms with Crippen LogP contribution < -0.4 is 15.0 Å². The van der Waals surface area contributed by atoms with Crippen molar-refractivity contribution in [3.05, 3.63) is 24.8 Å². The average molecular weight is 233 g/mol. The molecule has 5 heteroatoms. The fourth-order valence-electron chi connectivity index (χ4n) is 1.67. The third-order valence-corrected chi connectivity index (χ3v) is 2.42. The zero-order chi connectivity index (χ0) is 12.3. The lowest BCUT2D eigenvalue weighted by molar-refractivity contribution is -0.121. The number of hydrogen-bond acceptors (Lipinski definition) is 4. The molecule has 0 saturated carbocycles. The highest BCUT2D eigenvalue weighted by atomic mass is 16.5. The number of nitrogens with zero attached hydrogens (tertiary/aromatic N) is 2. The van der Waals surface area contributed by atoms with Crippen LogP contribution in [0.5, 0.6) is 5.75 Å². The summed E-state index contributed by atoms with van der Waals surface area (Å²) in [5.74, 6) is 1.82. The van der Waals surface area contributed by atoms with Gasteiger partial charge in [0.1, 0.15) is 5.82 Å². The number of carbonyl (C=O) groups is 1. The van der Waals surface area contributed by atoms with E-state index in [-0.39, 0.29) is 12.5 Å². The molecule has 1 aliphatic rings. The van der Waals surface area contributed by atoms with Gasteiger partial charge in [0.05, 0.1) is 0 Å². The van der Waals surface area contributed by atoms with Gasteiger partial charge < -0.3 is 10.1 Å². The van der Waals surface area contributed by atoms with Crippen LogP contribution in [-0.4, -0.2) is 30.6 Å². The maximum absolute atomic E-state index is 11.7. The number of amides is 1. The van der Waals surface area contributed by atoms with Crippen LogP contribution in [-0.2, 0) is 4.79 Å². The number of ether oxygens (including phenoxy) is 1. The fraction of sp³-hybridized carbons (Fsp3) is 0.333. The van der Waals surface area contributed by atoms with Gasteiger partial charge in [-0.05, 0) is 19.1 Å². The SMILES string of the molecule is C=CCN1C(=O)COc2ccc(NCC)nc21. The molecular weight excluding hydrogens is 218 g/mol. The highest BCUT2D eigenvalue weighted by Gasteiger charge is 2.26. The predicted molar refractivity (Wildman–Crippen MR) is 66.4 cm³/mol. The minimum Gasteiger partial charge on any atom is -0.480 e. The molecule has 1 aliphatic heterocycles. The van der Waals surface area contributed by atoms with Gasteiger partial charge in [-0.25, -0.2) is 4.98 Å². The maximum atomic E-state index is 11.7. The number of pyridine rings is 1. The molecule has 0 bridgehead atoms. The van der Waals surface area contributed by atoms with E-state index in [1.165, 1.54) is 0 Å². The largest absolute Gasteiger partial charge is 0.480 e. The number of aromatic nitrogens is 1. The Labute approximate surface area is 100 Å². The van der Waals surface area contributed by atoms with E-state index in [0.29, 0.717) is 18.1 Å². The molecule has 0 fully saturated rings. The number of fused-ring (bicyclic) bond motifs is 1. The van der Waals surface area contributed by atoms with Gasteiger partial charge in [-0.15, -0.1) is 6.58 Å². The number of nitrogens with one attached hydrogen (secondary N) is 1. The smallest absolute Gasteiger partial charge is 0.266 e. The van der Waals surface area contributed by atoms with Crippen molar-refractivity contribution in [2.24, 2.45) is 0 Å². The number of carbonyl (C=O) groups excluding carboxylic acids is 1. The molecule has 0 radical (unpaired) electrons. The third kappa shape index (κ3) is 2.22. The summed E-state index contributed by atoms with van der Waals surface area (Å²) in [7, 11) is 0. The zero-order valence-electron chi connectivity index (χ0n) is 9.77. The molecule has 0 spiro atoms. The summed E-state index contributed by atoms with van der Waals surface area (Å²) in [6, 6.07) is 3.66. The molecule has 0 unspecified atom stereocenters. The lowest BCUT2D eigenvalue weighted by Crippen LogP contribution is -2.39. The van der Waals surface area contributed by atoms with Gasteiger partial charge in [-0.1, -0.05) is 6.08 Å². The summed E-state index contributed by atoms with van der Waals surface area (Å²) in [5.41, 5.74) is 0. The summed E-state index contributed by atoms with van der Waals surface area (Å²) in [5, 5.41) is 3.10. The van der Waals surface area contributed by atoms with Crippen molar-refractivity contribution in [2.75, 3.05) is 29.9 Å². The van der Waals surface area contributed by atoms with E-state index < -0.39 is 0 Å². The van der Waals surface area contributed by atoms with E-state index >= 15 is 0 Å². The lowest BCUT2D eigenvalue weighted by Gasteiger charge is -2.27. The van der Waals surface area contributed by atoms with Crippen molar-refractivity contribution in [1.29, 1.82) is 0 Å². The Morgan fingerprint density at radius 1 is 1.65 bits per heavy atom. The number of rotatable bonds is 4. The Hall–Kier alpha value is -2.04. The van der Waals surface area contributed by atoms with E-state index in [4.69, 9.17) is 4.74 Å². The summed E-state index contributed by atoms with van der Waals surface area (Å²) >= 11 is 0. The molecule has 0 saturated heterocycles. The second kappa shape index (κ2) is 4.86. The van der Waals surface area contributed by atoms with Crippen molar-refractivity contribution in [3.63, 3.8) is 0 Å². The normalized spacial score (nSPS) is 13.9. The van der Waals surface area contributed by atoms with Gasteiger partial charge in [-0.2, -0.15) is 0 Å². The van der Waals surface area contributed by atoms with Crippen LogP contribution in [0.4, 0.5) is 11.6 Å². The molecule has 2 heterocycles. The van der Waals surface area contributed by atoms with E-state index in [0.717, 1.165) is 12.4 Å². The minimum atomic E-state index is -0.0986. The van der Waals surface area contributed by atoms with Crippen molar-refractivity contribution >= 4 is 17.5 Å². The fourth-order valence-corrected chi connectivity index (χ4v) is 1.67. The quantitative estimate of drug-likeness (QED) is 0.799. The van der Waals surface area contributed by atoms with Crippen molar-refractivity contribution in [3.8, 4) is 5.75 Å². The molecule has 1 N–H and O–H groups in total. The zero-order valence-corrected chi connectivity index (χ0v) is 9.77. The monoisotopic (exact) mass is 233 g/mol. The molecule has 0 aliphatic carbocycles. The second-order valence-electron chi connectivity index (χ2n) is 3.63. The Kier molecular flexibility index (Phi) is 3.27. The molecule has 1 aromatic heterocycles. The van der Waals surface area contributed by atoms with Gasteiger partial charge >= 0.3 is 0 Å². The molecule has 0 atom stereocenters. The van der Waals surface area contributed by atoms with Crippen molar-refractivity contribution in [2.45, 2.75) is 6.92 Å². The lowest BCUT2D eigenvalue weighted by atomic mass is 10.3. The van der Waals surface area contributed by atoms with Crippen LogP contribution >= 0.6 is 0 Å². The first-order chi connectivity index (χ1) is 8.26. The summed E-state index contributed by atoms with van der Waals surface area (Å²) in [4.78, 5) is 17.7. The van der Waals surface area contributed by atoms with Crippen LogP contribution in [0.25, 0.3) is 0 Å². The van der Waals surface area contributed by atoms with E-state index in [2.05, 4.69) is 16.9 Å². The number of hydrogen-bond donors (Lipinski definition) is 1. The van der Waals surface area contributed by atoms with Crippen LogP contribution in [0.1, 0.15) is 6.92 Å². The van der Waals surface area contributed by atoms with E-state index in [1.807, 2.05) is 19.1 Å². The second-order valence-corrected chi connectivity index (χ2v) is 3.63. The highest BCUT2D eigenvalue weighted by Crippen LogP contribution is 2.31. The first-order valence-electron chi connectivity index (χ1n) is 5.55. The van der Waals surface area contributed by atoms with Crippen LogP contribution in [0.3, 0.4) is 0 Å². The van der Waals surface area contributed by atoms with Gasteiger partial charge in [0.25, 0.3) is 5.91 Å². The maximum Gasteiger partial charge on any atom is 0.266 e. The third-order valence-electron chi connectivity index (χ3n) is 2.42. The van der Waals surface area contributed by atoms with E-state index in [1.54, 1.807) is 11.0 Å². The first-order valence-corrected chi connectivity index (χ1v) is 5.55. The Morgan fingerprint density at radius 3 is 3.18 bits per heavy atom. The van der Waals surface area contributed by atoms with Crippen molar-refractivity contribution in [1.82, 2.24) is 4.98 Å². The Balaban J connectivity index is 2.37. The summed E-state index contributed by atoms with van der Waals surface area (Å²) in [6.07, 6.45) is 1.68. The standard InChI is InChI=1S/C12H15N3O2/c1-3-7-15-11(16)8-17-9-5-6-10(13-4-2)14-12(9)15/h3,5-6H,1,4,7-8H2,2H3,(H,13,14). The molecule has 0 aromatic carbocycles. The average Bonchev–Trinajstić information content (AvgIpc) is 2.33. The van der Waals surface area contributed by atoms with Crippen LogP contribution in [0.2, 0.25) is 0 Å². The molecule has 17 heavy (non-hydrogen) atoms. The van der Waals surface area contributed by atoms with Gasteiger partial charge in [0.15, 0.2) is 18.2 Å². The van der Waals surface area contributed by atoms with E-state index in [9.17, 15) is 4.79 Å². The molecule has 5 nitrogen and oxygen atoms in total. The van der Waals surface area contributed by atoms with Crippen LogP contribution in [0.15, 0.2) is 24.8 Å². The number of anilines is 2. The summed E-state index contributed by atoms with van der Waals surface area (Å²) in [6.45, 7) is 6.91. The highest BCUT2D eigenvalue weighted by molar-refractivity contribution is 5.97. The summed E-state index contributed by atoms with van der Waals surface area (Å²) < 4.78 is 5.33. The van der Waals surface area contributed by atoms with Gasteiger partial charge in [-0.3, -0.25) is 9.69 Å². The predicted octanol–water partition coefficient (Wildman–Crippen LogP) is 1.42. The molecule has 2 rings (SSSR count). The minimum absolute atomic E-state index is 0.0586. The molecule has 1 amide bonds. The molecule has 90 valence electrons. The first kappa shape index (κ1) is 11.4. The molecule has 1 aromatic rings. The molecular formula is C12H15N3O2. The topological polar surface area (TPSA) is 54.5 Å². The van der Waals surface area contributed by atoms with Gasteiger partial charge in [0, 0.05) is 13.1 Å². The Morgan fingerprint density at radius 2 is 2.47 bits per heavy atom. The Bertz CT molecular complexity index is 445. The van der Waals surface area contributed by atoms with Gasteiger partial charge in [0.2, 0.25) is 0 Å². The van der Waals surface area contributed by atoms with Crippen molar-refractivity contribution < 1.29 is 9.53 Å². The van der Waals surface area contributed by atoms with Crippen LogP contribution in [0, 0.1) is 0 Å².